The second kappa shape index (κ2) is 5.02. The van der Waals surface area contributed by atoms with Crippen molar-refractivity contribution in [3.05, 3.63) is 23.4 Å². The molecule has 1 aliphatic carbocycles. The molecule has 1 fully saturated rings. The number of aromatic nitrogens is 1. The summed E-state index contributed by atoms with van der Waals surface area (Å²) in [5, 5.41) is 6.79. The van der Waals surface area contributed by atoms with E-state index < -0.39 is 0 Å². The van der Waals surface area contributed by atoms with Gasteiger partial charge in [0.25, 0.3) is 0 Å². The molecular formula is C12H18ClN3. The summed E-state index contributed by atoms with van der Waals surface area (Å²) in [5.41, 5.74) is 2.63. The molecule has 0 aromatic carbocycles. The Hall–Kier alpha value is -0.800. The average molecular weight is 240 g/mol. The van der Waals surface area contributed by atoms with Gasteiger partial charge in [0.2, 0.25) is 0 Å². The van der Waals surface area contributed by atoms with E-state index in [4.69, 9.17) is 0 Å². The summed E-state index contributed by atoms with van der Waals surface area (Å²) in [6, 6.07) is 4.30. The number of nitrogens with one attached hydrogen (secondary N) is 2. The van der Waals surface area contributed by atoms with Crippen LogP contribution in [-0.4, -0.2) is 18.1 Å². The number of pyridine rings is 1. The van der Waals surface area contributed by atoms with Gasteiger partial charge in [0.1, 0.15) is 5.82 Å². The van der Waals surface area contributed by atoms with Crippen molar-refractivity contribution in [2.24, 2.45) is 5.92 Å². The van der Waals surface area contributed by atoms with E-state index >= 15 is 0 Å². The number of hydrogen-bond donors (Lipinski definition) is 2. The Balaban J connectivity index is 0.000000963. The molecule has 4 heteroatoms. The van der Waals surface area contributed by atoms with Gasteiger partial charge in [-0.05, 0) is 30.4 Å². The molecule has 2 N–H and O–H groups in total. The Labute approximate surface area is 102 Å². The normalized spacial score (nSPS) is 18.5. The minimum atomic E-state index is 0. The highest BCUT2D eigenvalue weighted by Gasteiger charge is 2.20. The maximum Gasteiger partial charge on any atom is 0.126 e. The molecule has 1 aromatic heterocycles. The number of anilines is 1. The predicted molar refractivity (Wildman–Crippen MR) is 68.1 cm³/mol. The van der Waals surface area contributed by atoms with Crippen LogP contribution in [0.4, 0.5) is 5.82 Å². The van der Waals surface area contributed by atoms with Crippen molar-refractivity contribution in [2.45, 2.75) is 25.8 Å². The van der Waals surface area contributed by atoms with Gasteiger partial charge in [0.05, 0.1) is 0 Å². The van der Waals surface area contributed by atoms with E-state index in [-0.39, 0.29) is 12.4 Å². The first-order valence-corrected chi connectivity index (χ1v) is 5.85. The van der Waals surface area contributed by atoms with Crippen molar-refractivity contribution in [3.63, 3.8) is 0 Å². The molecule has 0 bridgehead atoms. The first kappa shape index (κ1) is 11.7. The third-order valence-corrected chi connectivity index (χ3v) is 3.19. The smallest absolute Gasteiger partial charge is 0.126 e. The molecule has 0 spiro atoms. The minimum Gasteiger partial charge on any atom is -0.370 e. The lowest BCUT2D eigenvalue weighted by atomic mass is 10.1. The molecule has 3 nitrogen and oxygen atoms in total. The zero-order valence-corrected chi connectivity index (χ0v) is 10.1. The van der Waals surface area contributed by atoms with Gasteiger partial charge in [-0.15, -0.1) is 12.4 Å². The van der Waals surface area contributed by atoms with Crippen LogP contribution < -0.4 is 10.6 Å². The summed E-state index contributed by atoms with van der Waals surface area (Å²) in [6.07, 6.45) is 3.85. The largest absolute Gasteiger partial charge is 0.370 e. The number of nitrogens with zero attached hydrogens (tertiary/aromatic N) is 1. The van der Waals surface area contributed by atoms with Gasteiger partial charge in [-0.25, -0.2) is 4.98 Å². The van der Waals surface area contributed by atoms with Gasteiger partial charge >= 0.3 is 0 Å². The van der Waals surface area contributed by atoms with Gasteiger partial charge in [0.15, 0.2) is 0 Å². The first-order valence-electron chi connectivity index (χ1n) is 5.85. The van der Waals surface area contributed by atoms with E-state index in [1.54, 1.807) is 0 Å². The highest BCUT2D eigenvalue weighted by atomic mass is 35.5. The van der Waals surface area contributed by atoms with Crippen molar-refractivity contribution in [3.8, 4) is 0 Å². The SMILES string of the molecule is Cl.c1cc2c(nc1NCC1CC1)CCNC2. The van der Waals surface area contributed by atoms with Crippen LogP contribution in [0.2, 0.25) is 0 Å². The predicted octanol–water partition coefficient (Wildman–Crippen LogP) is 1.97. The Morgan fingerprint density at radius 2 is 2.25 bits per heavy atom. The second-order valence-electron chi connectivity index (χ2n) is 4.55. The van der Waals surface area contributed by atoms with Crippen LogP contribution in [-0.2, 0) is 13.0 Å². The van der Waals surface area contributed by atoms with Gasteiger partial charge < -0.3 is 10.6 Å². The van der Waals surface area contributed by atoms with Crippen molar-refractivity contribution in [1.29, 1.82) is 0 Å². The van der Waals surface area contributed by atoms with Gasteiger partial charge in [-0.2, -0.15) is 0 Å². The fourth-order valence-corrected chi connectivity index (χ4v) is 2.01. The molecule has 88 valence electrons. The first-order chi connectivity index (χ1) is 7.42. The number of fused-ring (bicyclic) bond motifs is 1. The topological polar surface area (TPSA) is 37.0 Å². The quantitative estimate of drug-likeness (QED) is 0.847. The van der Waals surface area contributed by atoms with Crippen LogP contribution in [0.25, 0.3) is 0 Å². The number of hydrogen-bond acceptors (Lipinski definition) is 3. The molecule has 1 aliphatic heterocycles. The maximum absolute atomic E-state index is 4.66. The maximum atomic E-state index is 4.66. The lowest BCUT2D eigenvalue weighted by Gasteiger charge is -2.17. The third kappa shape index (κ3) is 2.66. The van der Waals surface area contributed by atoms with Gasteiger partial charge in [0, 0.05) is 31.7 Å². The van der Waals surface area contributed by atoms with Crippen LogP contribution in [0.5, 0.6) is 0 Å². The van der Waals surface area contributed by atoms with E-state index in [9.17, 15) is 0 Å². The summed E-state index contributed by atoms with van der Waals surface area (Å²) in [4.78, 5) is 4.66. The van der Waals surface area contributed by atoms with Crippen LogP contribution in [0, 0.1) is 5.92 Å². The summed E-state index contributed by atoms with van der Waals surface area (Å²) in [7, 11) is 0. The van der Waals surface area contributed by atoms with Crippen molar-refractivity contribution in [1.82, 2.24) is 10.3 Å². The molecule has 0 atom stereocenters. The van der Waals surface area contributed by atoms with E-state index in [1.807, 2.05) is 0 Å². The van der Waals surface area contributed by atoms with E-state index in [0.717, 1.165) is 37.8 Å². The van der Waals surface area contributed by atoms with Crippen molar-refractivity contribution < 1.29 is 0 Å². The summed E-state index contributed by atoms with van der Waals surface area (Å²) < 4.78 is 0. The minimum absolute atomic E-state index is 0. The summed E-state index contributed by atoms with van der Waals surface area (Å²) >= 11 is 0. The van der Waals surface area contributed by atoms with Crippen LogP contribution >= 0.6 is 12.4 Å². The van der Waals surface area contributed by atoms with E-state index in [1.165, 1.54) is 24.1 Å². The van der Waals surface area contributed by atoms with Crippen molar-refractivity contribution >= 4 is 18.2 Å². The zero-order chi connectivity index (χ0) is 10.1. The van der Waals surface area contributed by atoms with Crippen molar-refractivity contribution in [2.75, 3.05) is 18.4 Å². The molecule has 0 radical (unpaired) electrons. The standard InChI is InChI=1S/C12H17N3.ClH/c1-2-9(1)7-14-12-4-3-10-8-13-6-5-11(10)15-12;/h3-4,9,13H,1-2,5-8H2,(H,14,15);1H. The highest BCUT2D eigenvalue weighted by Crippen LogP contribution is 2.28. The van der Waals surface area contributed by atoms with E-state index in [0.29, 0.717) is 0 Å². The van der Waals surface area contributed by atoms with Crippen LogP contribution in [0.3, 0.4) is 0 Å². The lowest BCUT2D eigenvalue weighted by molar-refractivity contribution is 0.630. The molecule has 16 heavy (non-hydrogen) atoms. The molecule has 3 rings (SSSR count). The van der Waals surface area contributed by atoms with Gasteiger partial charge in [-0.1, -0.05) is 6.07 Å². The second-order valence-corrected chi connectivity index (χ2v) is 4.55. The number of halogens is 1. The van der Waals surface area contributed by atoms with Gasteiger partial charge in [-0.3, -0.25) is 0 Å². The fourth-order valence-electron chi connectivity index (χ4n) is 2.01. The molecular weight excluding hydrogens is 222 g/mol. The monoisotopic (exact) mass is 239 g/mol. The molecule has 2 aliphatic rings. The molecule has 1 saturated carbocycles. The lowest BCUT2D eigenvalue weighted by Crippen LogP contribution is -2.24. The Bertz CT molecular complexity index is 363. The summed E-state index contributed by atoms with van der Waals surface area (Å²) in [6.45, 7) is 3.14. The fraction of sp³-hybridized carbons (Fsp3) is 0.583. The molecule has 1 aromatic rings. The molecule has 0 unspecified atom stereocenters. The average Bonchev–Trinajstić information content (AvgIpc) is 3.10. The van der Waals surface area contributed by atoms with Crippen LogP contribution in [0.1, 0.15) is 24.1 Å². The Kier molecular flexibility index (Phi) is 3.66. The molecule has 0 amide bonds. The third-order valence-electron chi connectivity index (χ3n) is 3.19. The molecule has 0 saturated heterocycles. The summed E-state index contributed by atoms with van der Waals surface area (Å²) in [5.74, 6) is 1.96. The number of rotatable bonds is 3. The van der Waals surface area contributed by atoms with E-state index in [2.05, 4.69) is 27.8 Å². The zero-order valence-electron chi connectivity index (χ0n) is 9.33. The molecule has 2 heterocycles. The Morgan fingerprint density at radius 3 is 3.06 bits per heavy atom. The Morgan fingerprint density at radius 1 is 1.38 bits per heavy atom. The highest BCUT2D eigenvalue weighted by molar-refractivity contribution is 5.85. The van der Waals surface area contributed by atoms with Crippen LogP contribution in [0.15, 0.2) is 12.1 Å².